The number of hydrogen-bond donors (Lipinski definition) is 1. The Balaban J connectivity index is 1.62. The third-order valence-corrected chi connectivity index (χ3v) is 8.46. The molecule has 9 nitrogen and oxygen atoms in total. The van der Waals surface area contributed by atoms with Crippen LogP contribution in [-0.4, -0.2) is 37.9 Å². The molecule has 1 aliphatic rings. The summed E-state index contributed by atoms with van der Waals surface area (Å²) in [6, 6.07) is 8.49. The second kappa shape index (κ2) is 7.95. The summed E-state index contributed by atoms with van der Waals surface area (Å²) in [5.74, 6) is 1.17. The second-order valence-corrected chi connectivity index (χ2v) is 10.7. The van der Waals surface area contributed by atoms with Gasteiger partial charge in [0.15, 0.2) is 11.3 Å². The summed E-state index contributed by atoms with van der Waals surface area (Å²) in [5.41, 5.74) is 7.96. The molecule has 1 aromatic carbocycles. The zero-order valence-corrected chi connectivity index (χ0v) is 19.4. The lowest BCUT2D eigenvalue weighted by molar-refractivity contribution is -0.118. The molecule has 33 heavy (non-hydrogen) atoms. The van der Waals surface area contributed by atoms with Crippen molar-refractivity contribution in [2.75, 3.05) is 0 Å². The first-order valence-electron chi connectivity index (χ1n) is 11.1. The number of primary amides is 1. The summed E-state index contributed by atoms with van der Waals surface area (Å²) >= 11 is 0. The maximum absolute atomic E-state index is 13.3. The van der Waals surface area contributed by atoms with Crippen LogP contribution in [0.1, 0.15) is 49.9 Å². The fourth-order valence-electron chi connectivity index (χ4n) is 5.17. The molecule has 4 aromatic rings. The summed E-state index contributed by atoms with van der Waals surface area (Å²) in [6.07, 6.45) is 6.11. The van der Waals surface area contributed by atoms with Gasteiger partial charge in [-0.15, -0.1) is 10.2 Å². The summed E-state index contributed by atoms with van der Waals surface area (Å²) < 4.78 is 29.7. The largest absolute Gasteiger partial charge is 0.370 e. The molecule has 0 spiro atoms. The van der Waals surface area contributed by atoms with Gasteiger partial charge in [-0.25, -0.2) is 17.4 Å². The Morgan fingerprint density at radius 2 is 1.91 bits per heavy atom. The molecule has 10 heteroatoms. The molecule has 0 saturated heterocycles. The first-order valence-corrected chi connectivity index (χ1v) is 12.5. The highest BCUT2D eigenvalue weighted by atomic mass is 32.2. The molecule has 1 aliphatic carbocycles. The highest BCUT2D eigenvalue weighted by molar-refractivity contribution is 7.90. The van der Waals surface area contributed by atoms with Crippen LogP contribution in [0.25, 0.3) is 16.8 Å². The van der Waals surface area contributed by atoms with Gasteiger partial charge in [0.1, 0.15) is 5.82 Å². The van der Waals surface area contributed by atoms with Crippen LogP contribution in [0.15, 0.2) is 47.6 Å². The molecule has 0 radical (unpaired) electrons. The molecule has 0 unspecified atom stereocenters. The molecule has 3 atom stereocenters. The number of aromatic nitrogens is 5. The monoisotopic (exact) mass is 466 g/mol. The van der Waals surface area contributed by atoms with Gasteiger partial charge in [-0.05, 0) is 49.8 Å². The van der Waals surface area contributed by atoms with E-state index in [1.54, 1.807) is 36.5 Å². The summed E-state index contributed by atoms with van der Waals surface area (Å²) in [6.45, 7) is 4.04. The smallest absolute Gasteiger partial charge is 0.269 e. The van der Waals surface area contributed by atoms with E-state index in [2.05, 4.69) is 22.1 Å². The van der Waals surface area contributed by atoms with Gasteiger partial charge >= 0.3 is 0 Å². The predicted molar refractivity (Wildman–Crippen MR) is 123 cm³/mol. The van der Waals surface area contributed by atoms with Crippen molar-refractivity contribution in [2.24, 2.45) is 17.6 Å². The van der Waals surface area contributed by atoms with Gasteiger partial charge in [0.25, 0.3) is 10.0 Å². The van der Waals surface area contributed by atoms with Gasteiger partial charge in [-0.1, -0.05) is 31.0 Å². The fourth-order valence-corrected chi connectivity index (χ4v) is 6.47. The molecule has 3 aromatic heterocycles. The molecular weight excluding hydrogens is 440 g/mol. The van der Waals surface area contributed by atoms with Gasteiger partial charge in [0.05, 0.1) is 16.6 Å². The van der Waals surface area contributed by atoms with Gasteiger partial charge in [-0.2, -0.15) is 0 Å². The summed E-state index contributed by atoms with van der Waals surface area (Å²) in [7, 11) is -3.81. The molecule has 1 amide bonds. The van der Waals surface area contributed by atoms with Gasteiger partial charge in [-0.3, -0.25) is 9.20 Å². The van der Waals surface area contributed by atoms with Gasteiger partial charge in [0, 0.05) is 18.5 Å². The highest BCUT2D eigenvalue weighted by Crippen LogP contribution is 2.45. The van der Waals surface area contributed by atoms with Crippen molar-refractivity contribution in [3.63, 3.8) is 0 Å². The van der Waals surface area contributed by atoms with Crippen molar-refractivity contribution in [2.45, 2.75) is 50.3 Å². The minimum Gasteiger partial charge on any atom is -0.370 e. The van der Waals surface area contributed by atoms with E-state index in [0.717, 1.165) is 30.7 Å². The lowest BCUT2D eigenvalue weighted by Gasteiger charge is -2.16. The Bertz CT molecular complexity index is 1450. The van der Waals surface area contributed by atoms with Crippen LogP contribution >= 0.6 is 0 Å². The van der Waals surface area contributed by atoms with E-state index in [9.17, 15) is 13.2 Å². The van der Waals surface area contributed by atoms with Crippen LogP contribution in [-0.2, 0) is 14.8 Å². The van der Waals surface area contributed by atoms with E-state index in [1.165, 1.54) is 10.2 Å². The zero-order chi connectivity index (χ0) is 23.3. The first kappa shape index (κ1) is 21.6. The van der Waals surface area contributed by atoms with Gasteiger partial charge < -0.3 is 5.73 Å². The van der Waals surface area contributed by atoms with Crippen LogP contribution in [0.3, 0.4) is 0 Å². The number of nitrogens with two attached hydrogens (primary N) is 1. The maximum atomic E-state index is 13.3. The van der Waals surface area contributed by atoms with E-state index >= 15 is 0 Å². The minimum atomic E-state index is -3.81. The van der Waals surface area contributed by atoms with Gasteiger partial charge in [0.2, 0.25) is 5.91 Å². The third-order valence-electron chi connectivity index (χ3n) is 6.78. The molecule has 2 N–H and O–H groups in total. The number of hydrogen-bond acceptors (Lipinski definition) is 6. The average molecular weight is 467 g/mol. The van der Waals surface area contributed by atoms with Crippen molar-refractivity contribution in [1.29, 1.82) is 0 Å². The molecule has 1 fully saturated rings. The SMILES string of the molecule is CC[C@@H]1C[C@H](CC(N)=O)C[C@@H]1c1nnc2cnc3c(ccn3S(=O)(=O)c3ccc(C)cc3)n12. The number of nitrogens with zero attached hydrogens (tertiary/aromatic N) is 5. The Kier molecular flexibility index (Phi) is 5.19. The van der Waals surface area contributed by atoms with Crippen LogP contribution in [0.4, 0.5) is 0 Å². The van der Waals surface area contributed by atoms with Crippen LogP contribution in [0.2, 0.25) is 0 Å². The standard InChI is InChI=1S/C23H26N6O3S/c1-3-16-10-15(12-20(24)30)11-18(16)22-27-26-21-13-25-23-19(29(21)22)8-9-28(23)33(31,32)17-6-4-14(2)5-7-17/h4-9,13,15-16,18H,3,10-12H2,1-2H3,(H2,24,30)/t15-,16+,18-/m0/s1. The van der Waals surface area contributed by atoms with Crippen molar-refractivity contribution in [1.82, 2.24) is 23.6 Å². The van der Waals surface area contributed by atoms with Crippen LogP contribution in [0.5, 0.6) is 0 Å². The topological polar surface area (TPSA) is 125 Å². The van der Waals surface area contributed by atoms with Crippen molar-refractivity contribution in [3.8, 4) is 0 Å². The number of rotatable bonds is 6. The quantitative estimate of drug-likeness (QED) is 0.466. The number of fused-ring (bicyclic) bond motifs is 3. The molecule has 1 saturated carbocycles. The second-order valence-electron chi connectivity index (χ2n) is 8.93. The molecule has 5 rings (SSSR count). The molecule has 0 bridgehead atoms. The summed E-state index contributed by atoms with van der Waals surface area (Å²) in [5, 5.41) is 8.78. The summed E-state index contributed by atoms with van der Waals surface area (Å²) in [4.78, 5) is 16.1. The Morgan fingerprint density at radius 1 is 1.15 bits per heavy atom. The fraction of sp³-hybridized carbons (Fsp3) is 0.391. The molecular formula is C23H26N6O3S. The number of carbonyl (C=O) groups is 1. The first-order chi connectivity index (χ1) is 15.8. The highest BCUT2D eigenvalue weighted by Gasteiger charge is 2.37. The Hall–Kier alpha value is -3.27. The number of aryl methyl sites for hydroxylation is 1. The molecule has 172 valence electrons. The van der Waals surface area contributed by atoms with E-state index in [1.807, 2.05) is 11.3 Å². The van der Waals surface area contributed by atoms with Crippen LogP contribution in [0, 0.1) is 18.8 Å². The molecule has 0 aliphatic heterocycles. The lowest BCUT2D eigenvalue weighted by atomic mass is 9.93. The Morgan fingerprint density at radius 3 is 2.61 bits per heavy atom. The lowest BCUT2D eigenvalue weighted by Crippen LogP contribution is -2.15. The van der Waals surface area contributed by atoms with E-state index < -0.39 is 10.0 Å². The van der Waals surface area contributed by atoms with E-state index in [0.29, 0.717) is 29.1 Å². The third kappa shape index (κ3) is 3.58. The van der Waals surface area contributed by atoms with Crippen molar-refractivity contribution in [3.05, 3.63) is 54.1 Å². The predicted octanol–water partition coefficient (Wildman–Crippen LogP) is 3.02. The average Bonchev–Trinajstić information content (AvgIpc) is 3.49. The molecule has 3 heterocycles. The zero-order valence-electron chi connectivity index (χ0n) is 18.5. The van der Waals surface area contributed by atoms with Crippen molar-refractivity contribution >= 4 is 32.7 Å². The Labute approximate surface area is 191 Å². The van der Waals surface area contributed by atoms with E-state index in [-0.39, 0.29) is 22.6 Å². The van der Waals surface area contributed by atoms with Crippen LogP contribution < -0.4 is 5.73 Å². The normalized spacial score (nSPS) is 21.2. The number of amides is 1. The maximum Gasteiger partial charge on any atom is 0.269 e. The number of benzene rings is 1. The van der Waals surface area contributed by atoms with E-state index in [4.69, 9.17) is 5.73 Å². The minimum absolute atomic E-state index is 0.108. The van der Waals surface area contributed by atoms with Crippen molar-refractivity contribution < 1.29 is 13.2 Å². The number of carbonyl (C=O) groups excluding carboxylic acids is 1.